The van der Waals surface area contributed by atoms with Gasteiger partial charge < -0.3 is 15.5 Å². The lowest BCUT2D eigenvalue weighted by atomic mass is 9.78. The van der Waals surface area contributed by atoms with Gasteiger partial charge in [0.25, 0.3) is 0 Å². The number of likely N-dealkylation sites (tertiary alicyclic amines) is 1. The second kappa shape index (κ2) is 11.1. The molecule has 0 aliphatic carbocycles. The first-order chi connectivity index (χ1) is 14.2. The smallest absolute Gasteiger partial charge is 0.475 e. The van der Waals surface area contributed by atoms with Crippen LogP contribution in [0.4, 0.5) is 30.7 Å². The Morgan fingerprint density at radius 2 is 1.71 bits per heavy atom. The minimum atomic E-state index is -5.08. The van der Waals surface area contributed by atoms with Crippen molar-refractivity contribution < 1.29 is 50.5 Å². The van der Waals surface area contributed by atoms with Crippen LogP contribution in [0.25, 0.3) is 0 Å². The summed E-state index contributed by atoms with van der Waals surface area (Å²) < 4.78 is 77.6. The number of halogens is 7. The average molecular weight is 482 g/mol. The number of carboxylic acid groups (broad SMARTS) is 2. The first-order valence-corrected chi connectivity index (χ1v) is 9.80. The van der Waals surface area contributed by atoms with E-state index in [-0.39, 0.29) is 5.41 Å². The van der Waals surface area contributed by atoms with Crippen LogP contribution < -0.4 is 5.32 Å². The van der Waals surface area contributed by atoms with E-state index in [1.807, 2.05) is 0 Å². The zero-order valence-corrected chi connectivity index (χ0v) is 16.8. The van der Waals surface area contributed by atoms with E-state index in [1.165, 1.54) is 5.56 Å². The van der Waals surface area contributed by atoms with Crippen molar-refractivity contribution in [3.63, 3.8) is 0 Å². The first kappa shape index (κ1) is 27.1. The zero-order chi connectivity index (χ0) is 23.9. The van der Waals surface area contributed by atoms with Gasteiger partial charge in [-0.1, -0.05) is 0 Å². The van der Waals surface area contributed by atoms with Crippen molar-refractivity contribution in [2.45, 2.75) is 37.9 Å². The maximum Gasteiger partial charge on any atom is 0.490 e. The van der Waals surface area contributed by atoms with Crippen LogP contribution in [0, 0.1) is 5.41 Å². The number of hydrogen-bond donors (Lipinski definition) is 3. The Balaban J connectivity index is 0.000000288. The Hall–Kier alpha value is -1.93. The lowest BCUT2D eigenvalue weighted by Gasteiger charge is -2.37. The molecule has 3 heterocycles. The second-order valence-corrected chi connectivity index (χ2v) is 7.77. The van der Waals surface area contributed by atoms with Crippen molar-refractivity contribution in [3.8, 4) is 0 Å². The van der Waals surface area contributed by atoms with Crippen molar-refractivity contribution in [2.75, 3.05) is 26.2 Å². The number of hydrogen-bond acceptors (Lipinski definition) is 5. The van der Waals surface area contributed by atoms with E-state index in [0.29, 0.717) is 6.42 Å². The van der Waals surface area contributed by atoms with Gasteiger partial charge in [-0.25, -0.2) is 14.0 Å². The Morgan fingerprint density at radius 3 is 2.13 bits per heavy atom. The van der Waals surface area contributed by atoms with Crippen LogP contribution in [0.3, 0.4) is 0 Å². The molecule has 178 valence electrons. The number of aliphatic carboxylic acids is 2. The van der Waals surface area contributed by atoms with E-state index in [0.717, 1.165) is 39.1 Å². The third kappa shape index (κ3) is 8.99. The summed E-state index contributed by atoms with van der Waals surface area (Å²) in [6, 6.07) is 2.17. The molecular weight excluding hydrogens is 461 g/mol. The summed E-state index contributed by atoms with van der Waals surface area (Å²) in [5.41, 5.74) is 1.26. The lowest BCUT2D eigenvalue weighted by molar-refractivity contribution is -0.193. The Morgan fingerprint density at radius 1 is 1.16 bits per heavy atom. The molecule has 0 bridgehead atoms. The normalized spacial score (nSPS) is 24.0. The second-order valence-electron chi connectivity index (χ2n) is 6.99. The molecule has 0 amide bonds. The number of nitrogens with zero attached hydrogens (tertiary/aromatic N) is 1. The number of alkyl halides is 7. The van der Waals surface area contributed by atoms with Gasteiger partial charge in [-0.15, -0.1) is 0 Å². The van der Waals surface area contributed by atoms with Crippen LogP contribution in [0.2, 0.25) is 0 Å². The average Bonchev–Trinajstić information content (AvgIpc) is 3.28. The molecule has 2 fully saturated rings. The predicted molar refractivity (Wildman–Crippen MR) is 96.4 cm³/mol. The fourth-order valence-electron chi connectivity index (χ4n) is 3.14. The topological polar surface area (TPSA) is 89.9 Å². The molecule has 31 heavy (non-hydrogen) atoms. The Kier molecular flexibility index (Phi) is 9.69. The quantitative estimate of drug-likeness (QED) is 0.559. The molecule has 0 saturated carbocycles. The maximum absolute atomic E-state index is 14.1. The lowest BCUT2D eigenvalue weighted by Crippen LogP contribution is -2.49. The van der Waals surface area contributed by atoms with Crippen LogP contribution in [-0.4, -0.2) is 71.8 Å². The minimum Gasteiger partial charge on any atom is -0.475 e. The Bertz CT molecular complexity index is 688. The minimum absolute atomic E-state index is 0.103. The molecule has 2 unspecified atom stereocenters. The SMILES string of the molecule is FC1CCNCC12CCN(Cc1ccsc1)C2.O=C(O)C(F)(F)F.O=C(O)C(F)(F)F. The monoisotopic (exact) mass is 482 g/mol. The van der Waals surface area contributed by atoms with Gasteiger partial charge in [-0.05, 0) is 48.3 Å². The molecule has 0 aromatic carbocycles. The standard InChI is InChI=1S/C13H19FN2S.2C2HF3O2/c14-12-1-4-15-9-13(12)3-5-16(10-13)7-11-2-6-17-8-11;2*3-2(4,5)1(6)7/h2,6,8,12,15H,1,3-5,7,9-10H2;2*(H,6,7). The van der Waals surface area contributed by atoms with Crippen molar-refractivity contribution in [1.82, 2.24) is 10.2 Å². The largest absolute Gasteiger partial charge is 0.490 e. The van der Waals surface area contributed by atoms with Crippen molar-refractivity contribution in [2.24, 2.45) is 5.41 Å². The molecule has 1 spiro atoms. The number of piperidine rings is 1. The molecule has 2 saturated heterocycles. The highest BCUT2D eigenvalue weighted by molar-refractivity contribution is 7.07. The predicted octanol–water partition coefficient (Wildman–Crippen LogP) is 3.54. The number of carboxylic acids is 2. The molecule has 1 aromatic rings. The summed E-state index contributed by atoms with van der Waals surface area (Å²) in [5, 5.41) is 21.9. The first-order valence-electron chi connectivity index (χ1n) is 8.86. The molecule has 2 atom stereocenters. The van der Waals surface area contributed by atoms with Crippen LogP contribution in [0.1, 0.15) is 18.4 Å². The molecule has 3 N–H and O–H groups in total. The van der Waals surface area contributed by atoms with Gasteiger partial charge in [-0.2, -0.15) is 37.7 Å². The third-order valence-electron chi connectivity index (χ3n) is 4.65. The third-order valence-corrected chi connectivity index (χ3v) is 5.38. The molecule has 3 rings (SSSR count). The highest BCUT2D eigenvalue weighted by Crippen LogP contribution is 2.39. The summed E-state index contributed by atoms with van der Waals surface area (Å²) >= 11 is 1.74. The van der Waals surface area contributed by atoms with E-state index in [4.69, 9.17) is 19.8 Å². The van der Waals surface area contributed by atoms with Crippen molar-refractivity contribution in [3.05, 3.63) is 22.4 Å². The van der Waals surface area contributed by atoms with E-state index >= 15 is 0 Å². The van der Waals surface area contributed by atoms with Crippen LogP contribution in [-0.2, 0) is 16.1 Å². The van der Waals surface area contributed by atoms with Gasteiger partial charge in [-0.3, -0.25) is 4.90 Å². The molecule has 0 radical (unpaired) electrons. The van der Waals surface area contributed by atoms with E-state index in [2.05, 4.69) is 27.0 Å². The van der Waals surface area contributed by atoms with Crippen molar-refractivity contribution >= 4 is 23.3 Å². The molecule has 1 aromatic heterocycles. The number of carbonyl (C=O) groups is 2. The fourth-order valence-corrected chi connectivity index (χ4v) is 3.80. The number of nitrogens with one attached hydrogen (secondary N) is 1. The molecule has 14 heteroatoms. The number of rotatable bonds is 2. The van der Waals surface area contributed by atoms with E-state index < -0.39 is 30.5 Å². The summed E-state index contributed by atoms with van der Waals surface area (Å²) in [6.07, 6.45) is -9.09. The summed E-state index contributed by atoms with van der Waals surface area (Å²) in [6.45, 7) is 4.63. The Labute approximate surface area is 176 Å². The highest BCUT2D eigenvalue weighted by Gasteiger charge is 2.46. The molecular formula is C17H21F7N2O4S. The fraction of sp³-hybridized carbons (Fsp3) is 0.647. The summed E-state index contributed by atoms with van der Waals surface area (Å²) in [7, 11) is 0. The van der Waals surface area contributed by atoms with Gasteiger partial charge in [0.15, 0.2) is 0 Å². The van der Waals surface area contributed by atoms with Gasteiger partial charge in [0.2, 0.25) is 0 Å². The van der Waals surface area contributed by atoms with Gasteiger partial charge in [0.05, 0.1) is 0 Å². The highest BCUT2D eigenvalue weighted by atomic mass is 32.1. The zero-order valence-electron chi connectivity index (χ0n) is 16.0. The number of thiophene rings is 1. The van der Waals surface area contributed by atoms with E-state index in [1.54, 1.807) is 11.3 Å². The van der Waals surface area contributed by atoms with Crippen LogP contribution >= 0.6 is 11.3 Å². The molecule has 2 aliphatic rings. The summed E-state index contributed by atoms with van der Waals surface area (Å²) in [5.74, 6) is -5.51. The maximum atomic E-state index is 14.1. The van der Waals surface area contributed by atoms with Gasteiger partial charge in [0.1, 0.15) is 6.17 Å². The van der Waals surface area contributed by atoms with Gasteiger partial charge in [0, 0.05) is 25.0 Å². The molecule has 6 nitrogen and oxygen atoms in total. The van der Waals surface area contributed by atoms with Crippen molar-refractivity contribution in [1.29, 1.82) is 0 Å². The van der Waals surface area contributed by atoms with Gasteiger partial charge >= 0.3 is 24.3 Å². The summed E-state index contributed by atoms with van der Waals surface area (Å²) in [4.78, 5) is 20.2. The van der Waals surface area contributed by atoms with Crippen LogP contribution in [0.5, 0.6) is 0 Å². The molecule has 2 aliphatic heterocycles. The van der Waals surface area contributed by atoms with Crippen LogP contribution in [0.15, 0.2) is 16.8 Å². The van der Waals surface area contributed by atoms with E-state index in [9.17, 15) is 30.7 Å².